The standard InChI is InChI=1S/C24H26N2O4S/c1-3-30-18-21-10-8-7-9-20(21)17-25-24(27)19-13-15-23(16-14-19)31(28,29)26(2)22-11-5-4-6-12-22/h4-16H,3,17-18H2,1-2H3,(H,25,27). The number of carbonyl (C=O) groups excluding carboxylic acids is 1. The van der Waals surface area contributed by atoms with Crippen LogP contribution in [-0.2, 0) is 27.9 Å². The van der Waals surface area contributed by atoms with Crippen LogP contribution >= 0.6 is 0 Å². The van der Waals surface area contributed by atoms with Gasteiger partial charge in [-0.15, -0.1) is 0 Å². The van der Waals surface area contributed by atoms with Gasteiger partial charge >= 0.3 is 0 Å². The molecule has 3 aromatic carbocycles. The van der Waals surface area contributed by atoms with E-state index in [1.54, 1.807) is 24.3 Å². The monoisotopic (exact) mass is 438 g/mol. The van der Waals surface area contributed by atoms with Gasteiger partial charge in [-0.2, -0.15) is 0 Å². The van der Waals surface area contributed by atoms with Crippen LogP contribution < -0.4 is 9.62 Å². The summed E-state index contributed by atoms with van der Waals surface area (Å²) >= 11 is 0. The molecule has 0 aliphatic rings. The highest BCUT2D eigenvalue weighted by atomic mass is 32.2. The molecule has 3 rings (SSSR count). The van der Waals surface area contributed by atoms with Gasteiger partial charge < -0.3 is 10.1 Å². The molecule has 0 saturated heterocycles. The van der Waals surface area contributed by atoms with E-state index in [1.807, 2.05) is 37.3 Å². The highest BCUT2D eigenvalue weighted by molar-refractivity contribution is 7.92. The van der Waals surface area contributed by atoms with Crippen molar-refractivity contribution in [2.45, 2.75) is 25.0 Å². The molecule has 0 atom stereocenters. The van der Waals surface area contributed by atoms with Gasteiger partial charge in [0.1, 0.15) is 0 Å². The van der Waals surface area contributed by atoms with Crippen molar-refractivity contribution in [1.29, 1.82) is 0 Å². The van der Waals surface area contributed by atoms with Gasteiger partial charge in [-0.3, -0.25) is 9.10 Å². The molecule has 0 fully saturated rings. The van der Waals surface area contributed by atoms with Gasteiger partial charge in [-0.1, -0.05) is 42.5 Å². The molecule has 3 aromatic rings. The molecule has 7 heteroatoms. The summed E-state index contributed by atoms with van der Waals surface area (Å²) in [5.74, 6) is -0.272. The normalized spacial score (nSPS) is 11.2. The fourth-order valence-corrected chi connectivity index (χ4v) is 4.27. The zero-order chi connectivity index (χ0) is 22.3. The number of benzene rings is 3. The SMILES string of the molecule is CCOCc1ccccc1CNC(=O)c1ccc(S(=O)(=O)N(C)c2ccccc2)cc1. The number of nitrogens with one attached hydrogen (secondary N) is 1. The van der Waals surface area contributed by atoms with Crippen molar-refractivity contribution in [3.05, 3.63) is 95.6 Å². The minimum Gasteiger partial charge on any atom is -0.377 e. The number of carbonyl (C=O) groups is 1. The molecule has 0 unspecified atom stereocenters. The van der Waals surface area contributed by atoms with Crippen molar-refractivity contribution in [1.82, 2.24) is 5.32 Å². The molecule has 0 heterocycles. The van der Waals surface area contributed by atoms with Crippen molar-refractivity contribution in [2.24, 2.45) is 0 Å². The summed E-state index contributed by atoms with van der Waals surface area (Å²) in [6.07, 6.45) is 0. The van der Waals surface area contributed by atoms with E-state index >= 15 is 0 Å². The number of nitrogens with zero attached hydrogens (tertiary/aromatic N) is 1. The van der Waals surface area contributed by atoms with E-state index in [4.69, 9.17) is 4.74 Å². The predicted octanol–water partition coefficient (Wildman–Crippen LogP) is 3.98. The first-order valence-corrected chi connectivity index (χ1v) is 11.4. The molecular weight excluding hydrogens is 412 g/mol. The molecule has 0 aliphatic carbocycles. The summed E-state index contributed by atoms with van der Waals surface area (Å²) in [6.45, 7) is 3.41. The number of hydrogen-bond donors (Lipinski definition) is 1. The molecule has 31 heavy (non-hydrogen) atoms. The minimum absolute atomic E-state index is 0.123. The first-order valence-electron chi connectivity index (χ1n) is 10.00. The van der Waals surface area contributed by atoms with Crippen LogP contribution in [0.2, 0.25) is 0 Å². The summed E-state index contributed by atoms with van der Waals surface area (Å²) in [5, 5.41) is 2.88. The predicted molar refractivity (Wildman–Crippen MR) is 121 cm³/mol. The Morgan fingerprint density at radius 2 is 1.52 bits per heavy atom. The third kappa shape index (κ3) is 5.51. The van der Waals surface area contributed by atoms with Crippen LogP contribution in [0.4, 0.5) is 5.69 Å². The lowest BCUT2D eigenvalue weighted by molar-refractivity contribution is 0.0949. The van der Waals surface area contributed by atoms with Crippen molar-refractivity contribution >= 4 is 21.6 Å². The Bertz CT molecular complexity index is 1110. The first-order chi connectivity index (χ1) is 14.9. The number of para-hydroxylation sites is 1. The van der Waals surface area contributed by atoms with Gasteiger partial charge in [0.15, 0.2) is 0 Å². The van der Waals surface area contributed by atoms with Gasteiger partial charge in [0.05, 0.1) is 17.2 Å². The van der Waals surface area contributed by atoms with E-state index < -0.39 is 10.0 Å². The third-order valence-electron chi connectivity index (χ3n) is 4.91. The molecule has 1 N–H and O–H groups in total. The first kappa shape index (κ1) is 22.5. The van der Waals surface area contributed by atoms with Crippen LogP contribution in [-0.4, -0.2) is 28.0 Å². The van der Waals surface area contributed by atoms with E-state index in [0.29, 0.717) is 31.0 Å². The van der Waals surface area contributed by atoms with Crippen LogP contribution in [0.1, 0.15) is 28.4 Å². The van der Waals surface area contributed by atoms with Crippen molar-refractivity contribution in [2.75, 3.05) is 18.0 Å². The minimum atomic E-state index is -3.72. The molecule has 1 amide bonds. The highest BCUT2D eigenvalue weighted by Crippen LogP contribution is 2.22. The second kappa shape index (κ2) is 10.2. The lowest BCUT2D eigenvalue weighted by Crippen LogP contribution is -2.27. The Morgan fingerprint density at radius 1 is 0.903 bits per heavy atom. The molecular formula is C24H26N2O4S. The third-order valence-corrected chi connectivity index (χ3v) is 6.71. The number of ether oxygens (including phenoxy) is 1. The van der Waals surface area contributed by atoms with E-state index in [9.17, 15) is 13.2 Å². The summed E-state index contributed by atoms with van der Waals surface area (Å²) in [6, 6.07) is 22.6. The second-order valence-electron chi connectivity index (χ2n) is 6.92. The summed E-state index contributed by atoms with van der Waals surface area (Å²) in [7, 11) is -2.21. The zero-order valence-electron chi connectivity index (χ0n) is 17.6. The van der Waals surface area contributed by atoms with E-state index in [2.05, 4.69) is 5.32 Å². The number of hydrogen-bond acceptors (Lipinski definition) is 4. The molecule has 6 nitrogen and oxygen atoms in total. The fourth-order valence-electron chi connectivity index (χ4n) is 3.07. The zero-order valence-corrected chi connectivity index (χ0v) is 18.4. The largest absolute Gasteiger partial charge is 0.377 e. The maximum Gasteiger partial charge on any atom is 0.264 e. The van der Waals surface area contributed by atoms with Crippen LogP contribution in [0.3, 0.4) is 0 Å². The number of rotatable bonds is 9. The van der Waals surface area contributed by atoms with Crippen molar-refractivity contribution in [3.8, 4) is 0 Å². The molecule has 0 aliphatic heterocycles. The second-order valence-corrected chi connectivity index (χ2v) is 8.89. The van der Waals surface area contributed by atoms with Crippen LogP contribution in [0.5, 0.6) is 0 Å². The van der Waals surface area contributed by atoms with Crippen LogP contribution in [0.25, 0.3) is 0 Å². The lowest BCUT2D eigenvalue weighted by atomic mass is 10.1. The van der Waals surface area contributed by atoms with Gasteiger partial charge in [-0.25, -0.2) is 8.42 Å². The van der Waals surface area contributed by atoms with Crippen LogP contribution in [0.15, 0.2) is 83.8 Å². The van der Waals surface area contributed by atoms with Crippen LogP contribution in [0, 0.1) is 0 Å². The molecule has 0 spiro atoms. The smallest absolute Gasteiger partial charge is 0.264 e. The Morgan fingerprint density at radius 3 is 2.16 bits per heavy atom. The average molecular weight is 439 g/mol. The van der Waals surface area contributed by atoms with E-state index in [1.165, 1.54) is 35.6 Å². The average Bonchev–Trinajstić information content (AvgIpc) is 2.81. The van der Waals surface area contributed by atoms with Gasteiger partial charge in [-0.05, 0) is 54.4 Å². The summed E-state index contributed by atoms with van der Waals surface area (Å²) in [5.41, 5.74) is 2.96. The van der Waals surface area contributed by atoms with Crippen molar-refractivity contribution in [3.63, 3.8) is 0 Å². The Hall–Kier alpha value is -3.16. The maximum atomic E-state index is 12.9. The molecule has 162 valence electrons. The number of amides is 1. The fraction of sp³-hybridized carbons (Fsp3) is 0.208. The Kier molecular flexibility index (Phi) is 7.44. The van der Waals surface area contributed by atoms with E-state index in [-0.39, 0.29) is 10.8 Å². The lowest BCUT2D eigenvalue weighted by Gasteiger charge is -2.19. The molecule has 0 aromatic heterocycles. The maximum absolute atomic E-state index is 12.9. The number of sulfonamides is 1. The summed E-state index contributed by atoms with van der Waals surface area (Å²) < 4.78 is 32.4. The number of anilines is 1. The topological polar surface area (TPSA) is 75.7 Å². The Labute approximate surface area is 183 Å². The van der Waals surface area contributed by atoms with Crippen molar-refractivity contribution < 1.29 is 17.9 Å². The summed E-state index contributed by atoms with van der Waals surface area (Å²) in [4.78, 5) is 12.7. The van der Waals surface area contributed by atoms with Gasteiger partial charge in [0.25, 0.3) is 15.9 Å². The molecule has 0 radical (unpaired) electrons. The van der Waals surface area contributed by atoms with E-state index in [0.717, 1.165) is 11.1 Å². The highest BCUT2D eigenvalue weighted by Gasteiger charge is 2.21. The molecule has 0 saturated carbocycles. The molecule has 0 bridgehead atoms. The van der Waals surface area contributed by atoms with Gasteiger partial charge in [0.2, 0.25) is 0 Å². The van der Waals surface area contributed by atoms with Gasteiger partial charge in [0, 0.05) is 25.8 Å². The Balaban J connectivity index is 1.68. The quantitative estimate of drug-likeness (QED) is 0.548.